The van der Waals surface area contributed by atoms with Gasteiger partial charge in [-0.25, -0.2) is 13.4 Å². The van der Waals surface area contributed by atoms with Crippen LogP contribution in [-0.2, 0) is 10.0 Å². The van der Waals surface area contributed by atoms with Crippen molar-refractivity contribution < 1.29 is 13.2 Å². The first-order valence-electron chi connectivity index (χ1n) is 6.30. The van der Waals surface area contributed by atoms with Gasteiger partial charge in [0.15, 0.2) is 5.15 Å². The fourth-order valence-corrected chi connectivity index (χ4v) is 2.97. The number of nitrogens with zero attached hydrogens (tertiary/aromatic N) is 1. The molecule has 0 aliphatic heterocycles. The number of pyridine rings is 1. The number of aryl methyl sites for hydroxylation is 1. The SMILES string of the molecule is CCOc1ccc(S(=O)(=O)Nc2cc(C)cnc2Cl)cc1. The Bertz CT molecular complexity index is 730. The van der Waals surface area contributed by atoms with E-state index >= 15 is 0 Å². The van der Waals surface area contributed by atoms with Gasteiger partial charge in [0.2, 0.25) is 0 Å². The van der Waals surface area contributed by atoms with Crippen molar-refractivity contribution in [2.75, 3.05) is 11.3 Å². The van der Waals surface area contributed by atoms with Crippen molar-refractivity contribution in [3.8, 4) is 5.75 Å². The van der Waals surface area contributed by atoms with Gasteiger partial charge in [-0.3, -0.25) is 4.72 Å². The van der Waals surface area contributed by atoms with Gasteiger partial charge in [-0.05, 0) is 49.7 Å². The average Bonchev–Trinajstić information content (AvgIpc) is 2.44. The Labute approximate surface area is 129 Å². The van der Waals surface area contributed by atoms with Gasteiger partial charge in [0, 0.05) is 6.20 Å². The molecule has 1 aromatic heterocycles. The highest BCUT2D eigenvalue weighted by Crippen LogP contribution is 2.24. The van der Waals surface area contributed by atoms with Crippen LogP contribution in [0.3, 0.4) is 0 Å². The largest absolute Gasteiger partial charge is 0.494 e. The standard InChI is InChI=1S/C14H15ClN2O3S/c1-3-20-11-4-6-12(7-5-11)21(18,19)17-13-8-10(2)9-16-14(13)15/h4-9,17H,3H2,1-2H3. The Kier molecular flexibility index (Phi) is 4.69. The van der Waals surface area contributed by atoms with Gasteiger partial charge >= 0.3 is 0 Å². The maximum absolute atomic E-state index is 12.3. The fraction of sp³-hybridized carbons (Fsp3) is 0.214. The first kappa shape index (κ1) is 15.6. The molecule has 2 aromatic rings. The van der Waals surface area contributed by atoms with Gasteiger partial charge in [-0.15, -0.1) is 0 Å². The number of rotatable bonds is 5. The number of sulfonamides is 1. The van der Waals surface area contributed by atoms with Crippen LogP contribution in [0.2, 0.25) is 5.15 Å². The Morgan fingerprint density at radius 2 is 1.95 bits per heavy atom. The highest BCUT2D eigenvalue weighted by Gasteiger charge is 2.16. The van der Waals surface area contributed by atoms with Crippen LogP contribution in [0.5, 0.6) is 5.75 Å². The number of ether oxygens (including phenoxy) is 1. The summed E-state index contributed by atoms with van der Waals surface area (Å²) in [6.07, 6.45) is 1.57. The van der Waals surface area contributed by atoms with Crippen molar-refractivity contribution in [2.24, 2.45) is 0 Å². The van der Waals surface area contributed by atoms with Crippen LogP contribution in [0.4, 0.5) is 5.69 Å². The van der Waals surface area contributed by atoms with Crippen LogP contribution in [-0.4, -0.2) is 20.0 Å². The lowest BCUT2D eigenvalue weighted by Gasteiger charge is -2.10. The van der Waals surface area contributed by atoms with Crippen LogP contribution < -0.4 is 9.46 Å². The molecular formula is C14H15ClN2O3S. The summed E-state index contributed by atoms with van der Waals surface area (Å²) in [5.41, 5.74) is 1.06. The van der Waals surface area contributed by atoms with E-state index in [-0.39, 0.29) is 15.7 Å². The molecule has 1 N–H and O–H groups in total. The Morgan fingerprint density at radius 1 is 1.29 bits per heavy atom. The molecule has 112 valence electrons. The summed E-state index contributed by atoms with van der Waals surface area (Å²) in [4.78, 5) is 4.04. The van der Waals surface area contributed by atoms with Crippen molar-refractivity contribution >= 4 is 27.3 Å². The smallest absolute Gasteiger partial charge is 0.261 e. The summed E-state index contributed by atoms with van der Waals surface area (Å²) in [6, 6.07) is 7.79. The monoisotopic (exact) mass is 326 g/mol. The number of benzene rings is 1. The minimum atomic E-state index is -3.71. The number of nitrogens with one attached hydrogen (secondary N) is 1. The van der Waals surface area contributed by atoms with Crippen molar-refractivity contribution in [3.05, 3.63) is 47.2 Å². The van der Waals surface area contributed by atoms with E-state index in [1.807, 2.05) is 6.92 Å². The third-order valence-electron chi connectivity index (χ3n) is 2.67. The third kappa shape index (κ3) is 3.86. The first-order chi connectivity index (χ1) is 9.92. The zero-order chi connectivity index (χ0) is 15.5. The molecule has 0 aliphatic carbocycles. The lowest BCUT2D eigenvalue weighted by molar-refractivity contribution is 0.340. The number of halogens is 1. The second kappa shape index (κ2) is 6.32. The summed E-state index contributed by atoms with van der Waals surface area (Å²) in [6.45, 7) is 4.19. The van der Waals surface area contributed by atoms with E-state index in [4.69, 9.17) is 16.3 Å². The molecule has 21 heavy (non-hydrogen) atoms. The van der Waals surface area contributed by atoms with Crippen molar-refractivity contribution in [1.82, 2.24) is 4.98 Å². The highest BCUT2D eigenvalue weighted by molar-refractivity contribution is 7.92. The maximum Gasteiger partial charge on any atom is 0.261 e. The summed E-state index contributed by atoms with van der Waals surface area (Å²) in [7, 11) is -3.71. The lowest BCUT2D eigenvalue weighted by atomic mass is 10.3. The number of anilines is 1. The molecule has 0 saturated carbocycles. The summed E-state index contributed by atoms with van der Waals surface area (Å²) in [5, 5.41) is 0.107. The predicted molar refractivity (Wildman–Crippen MR) is 82.4 cm³/mol. The highest BCUT2D eigenvalue weighted by atomic mass is 35.5. The number of hydrogen-bond acceptors (Lipinski definition) is 4. The molecule has 0 spiro atoms. The zero-order valence-electron chi connectivity index (χ0n) is 11.6. The molecule has 0 saturated heterocycles. The molecule has 5 nitrogen and oxygen atoms in total. The van der Waals surface area contributed by atoms with E-state index in [1.54, 1.807) is 31.3 Å². The van der Waals surface area contributed by atoms with Gasteiger partial charge in [0.05, 0.1) is 17.2 Å². The van der Waals surface area contributed by atoms with Crippen LogP contribution >= 0.6 is 11.6 Å². The molecule has 2 rings (SSSR count). The van der Waals surface area contributed by atoms with Crippen LogP contribution in [0.15, 0.2) is 41.4 Å². The average molecular weight is 327 g/mol. The van der Waals surface area contributed by atoms with Crippen molar-refractivity contribution in [1.29, 1.82) is 0 Å². The molecular weight excluding hydrogens is 312 g/mol. The second-order valence-electron chi connectivity index (χ2n) is 4.36. The normalized spacial score (nSPS) is 11.2. The molecule has 0 unspecified atom stereocenters. The van der Waals surface area contributed by atoms with Crippen molar-refractivity contribution in [2.45, 2.75) is 18.7 Å². The quantitative estimate of drug-likeness (QED) is 0.856. The van der Waals surface area contributed by atoms with Crippen LogP contribution in [0.1, 0.15) is 12.5 Å². The van der Waals surface area contributed by atoms with Crippen molar-refractivity contribution in [3.63, 3.8) is 0 Å². The minimum Gasteiger partial charge on any atom is -0.494 e. The minimum absolute atomic E-state index is 0.107. The Hall–Kier alpha value is -1.79. The van der Waals surface area contributed by atoms with Crippen LogP contribution in [0.25, 0.3) is 0 Å². The zero-order valence-corrected chi connectivity index (χ0v) is 13.2. The molecule has 0 bridgehead atoms. The Morgan fingerprint density at radius 3 is 2.57 bits per heavy atom. The summed E-state index contributed by atoms with van der Waals surface area (Å²) in [5.74, 6) is 0.617. The maximum atomic E-state index is 12.3. The van der Waals surface area contributed by atoms with E-state index in [0.717, 1.165) is 5.56 Å². The van der Waals surface area contributed by atoms with Gasteiger partial charge in [-0.2, -0.15) is 0 Å². The lowest BCUT2D eigenvalue weighted by Crippen LogP contribution is -2.13. The second-order valence-corrected chi connectivity index (χ2v) is 6.40. The van der Waals surface area contributed by atoms with E-state index in [1.165, 1.54) is 12.1 Å². The molecule has 0 aliphatic rings. The predicted octanol–water partition coefficient (Wildman–Crippen LogP) is 3.24. The van der Waals surface area contributed by atoms with E-state index < -0.39 is 10.0 Å². The number of aromatic nitrogens is 1. The molecule has 7 heteroatoms. The molecule has 0 fully saturated rings. The number of hydrogen-bond donors (Lipinski definition) is 1. The summed E-state index contributed by atoms with van der Waals surface area (Å²) >= 11 is 5.90. The van der Waals surface area contributed by atoms with Gasteiger partial charge in [0.25, 0.3) is 10.0 Å². The molecule has 0 radical (unpaired) electrons. The molecule has 1 heterocycles. The molecule has 0 amide bonds. The molecule has 0 atom stereocenters. The molecule has 1 aromatic carbocycles. The topological polar surface area (TPSA) is 68.3 Å². The third-order valence-corrected chi connectivity index (χ3v) is 4.35. The summed E-state index contributed by atoms with van der Waals surface area (Å²) < 4.78 is 32.3. The van der Waals surface area contributed by atoms with E-state index in [2.05, 4.69) is 9.71 Å². The van der Waals surface area contributed by atoms with E-state index in [0.29, 0.717) is 12.4 Å². The fourth-order valence-electron chi connectivity index (χ4n) is 1.71. The van der Waals surface area contributed by atoms with E-state index in [9.17, 15) is 8.42 Å². The van der Waals surface area contributed by atoms with Gasteiger partial charge < -0.3 is 4.74 Å². The van der Waals surface area contributed by atoms with Crippen LogP contribution in [0, 0.1) is 6.92 Å². The van der Waals surface area contributed by atoms with Gasteiger partial charge in [-0.1, -0.05) is 11.6 Å². The van der Waals surface area contributed by atoms with Gasteiger partial charge in [0.1, 0.15) is 5.75 Å². The first-order valence-corrected chi connectivity index (χ1v) is 8.16. The Balaban J connectivity index is 2.27.